The first-order valence-corrected chi connectivity index (χ1v) is 8.13. The number of nitrogens with one attached hydrogen (secondary N) is 1. The minimum absolute atomic E-state index is 0. The van der Waals surface area contributed by atoms with Crippen LogP contribution in [0.15, 0.2) is 47.7 Å². The first kappa shape index (κ1) is 18.3. The predicted octanol–water partition coefficient (Wildman–Crippen LogP) is -4.02. The van der Waals surface area contributed by atoms with Gasteiger partial charge in [0, 0.05) is 0 Å². The van der Waals surface area contributed by atoms with Crippen LogP contribution in [0.5, 0.6) is 0 Å². The van der Waals surface area contributed by atoms with Gasteiger partial charge in [-0.15, -0.1) is 0 Å². The third-order valence-electron chi connectivity index (χ3n) is 3.54. The quantitative estimate of drug-likeness (QED) is 0.529. The number of H-pyrrole nitrogens is 1. The van der Waals surface area contributed by atoms with Gasteiger partial charge in [0.1, 0.15) is 0 Å². The second-order valence-electron chi connectivity index (χ2n) is 5.18. The molecule has 0 spiro atoms. The maximum atomic E-state index is 3.42. The van der Waals surface area contributed by atoms with E-state index in [1.807, 2.05) is 0 Å². The Bertz CT molecular complexity index is 783. The molecule has 0 aliphatic heterocycles. The average Bonchev–Trinajstić information content (AvgIpc) is 2.95. The maximum absolute atomic E-state index is 3.42. The van der Waals surface area contributed by atoms with Gasteiger partial charge in [0.2, 0.25) is 0 Å². The number of allylic oxidation sites excluding steroid dienone is 2. The molecule has 1 aromatic heterocycles. The summed E-state index contributed by atoms with van der Waals surface area (Å²) in [4.78, 5) is 3.42. The van der Waals surface area contributed by atoms with Gasteiger partial charge in [0.15, 0.2) is 0 Å². The molecular weight excluding hydrogens is 337 g/mol. The van der Waals surface area contributed by atoms with Crippen LogP contribution in [-0.4, -0.2) is 4.98 Å². The minimum Gasteiger partial charge on any atom is -1.00 e. The SMILES string of the molecule is CC(C)=C1C=c2ccccc2=[C]1[Ti+2][c]1[nH]ccc1C.[Cl-].[Cl-]. The van der Waals surface area contributed by atoms with E-state index in [1.54, 1.807) is 3.88 Å². The van der Waals surface area contributed by atoms with Gasteiger partial charge in [-0.3, -0.25) is 0 Å². The van der Waals surface area contributed by atoms with Crippen molar-refractivity contribution in [2.75, 3.05) is 0 Å². The van der Waals surface area contributed by atoms with Gasteiger partial charge in [0.25, 0.3) is 0 Å². The van der Waals surface area contributed by atoms with Crippen molar-refractivity contribution in [1.29, 1.82) is 0 Å². The van der Waals surface area contributed by atoms with Crippen molar-refractivity contribution in [3.8, 4) is 0 Å². The molecule has 1 heterocycles. The van der Waals surface area contributed by atoms with E-state index in [9.17, 15) is 0 Å². The fraction of sp³-hybridized carbons (Fsp3) is 0.176. The van der Waals surface area contributed by atoms with Crippen LogP contribution in [-0.2, 0) is 19.2 Å². The summed E-state index contributed by atoms with van der Waals surface area (Å²) in [5.74, 6) is 0. The summed E-state index contributed by atoms with van der Waals surface area (Å²) in [6.07, 6.45) is 4.41. The smallest absolute Gasteiger partial charge is 1.00 e. The molecular formula is C17H17Cl2NTi. The molecule has 4 heteroatoms. The van der Waals surface area contributed by atoms with Gasteiger partial charge >= 0.3 is 123 Å². The zero-order chi connectivity index (χ0) is 13.4. The molecule has 2 aromatic rings. The molecule has 0 saturated carbocycles. The van der Waals surface area contributed by atoms with E-state index in [2.05, 4.69) is 68.4 Å². The fourth-order valence-electron chi connectivity index (χ4n) is 2.46. The third kappa shape index (κ3) is 3.55. The maximum Gasteiger partial charge on any atom is -1.00 e. The van der Waals surface area contributed by atoms with Crippen molar-refractivity contribution in [2.24, 2.45) is 0 Å². The summed E-state index contributed by atoms with van der Waals surface area (Å²) in [6.45, 7) is 6.62. The van der Waals surface area contributed by atoms with Gasteiger partial charge in [-0.1, -0.05) is 0 Å². The van der Waals surface area contributed by atoms with E-state index in [1.165, 1.54) is 31.1 Å². The molecule has 1 nitrogen and oxygen atoms in total. The largest absolute Gasteiger partial charge is 1.00 e. The van der Waals surface area contributed by atoms with E-state index >= 15 is 0 Å². The van der Waals surface area contributed by atoms with E-state index in [-0.39, 0.29) is 44.0 Å². The molecule has 1 aliphatic carbocycles. The Kier molecular flexibility index (Phi) is 6.55. The van der Waals surface area contributed by atoms with Crippen LogP contribution in [0.3, 0.4) is 0 Å². The van der Waals surface area contributed by atoms with Crippen LogP contribution in [0.4, 0.5) is 0 Å². The molecule has 0 saturated heterocycles. The summed E-state index contributed by atoms with van der Waals surface area (Å²) in [5.41, 5.74) is 4.26. The number of aromatic amines is 1. The van der Waals surface area contributed by atoms with Gasteiger partial charge < -0.3 is 24.8 Å². The normalized spacial score (nSPS) is 11.8. The molecule has 0 atom stereocenters. The van der Waals surface area contributed by atoms with Crippen LogP contribution < -0.4 is 39.3 Å². The molecule has 1 N–H and O–H groups in total. The second kappa shape index (κ2) is 7.51. The molecule has 0 unspecified atom stereocenters. The van der Waals surface area contributed by atoms with Crippen molar-refractivity contribution in [2.45, 2.75) is 20.8 Å². The summed E-state index contributed by atoms with van der Waals surface area (Å²) < 4.78 is 3.01. The molecule has 0 bridgehead atoms. The molecule has 0 fully saturated rings. The van der Waals surface area contributed by atoms with Gasteiger partial charge in [-0.25, -0.2) is 0 Å². The minimum atomic E-state index is -0.306. The third-order valence-corrected chi connectivity index (χ3v) is 6.01. The summed E-state index contributed by atoms with van der Waals surface area (Å²) >= 11 is -0.306. The number of rotatable bonds is 2. The van der Waals surface area contributed by atoms with E-state index in [0.717, 1.165) is 0 Å². The van der Waals surface area contributed by atoms with Crippen LogP contribution in [0.2, 0.25) is 0 Å². The molecule has 21 heavy (non-hydrogen) atoms. The topological polar surface area (TPSA) is 15.8 Å². The molecule has 3 rings (SSSR count). The predicted molar refractivity (Wildman–Crippen MR) is 77.1 cm³/mol. The number of aromatic nitrogens is 1. The zero-order valence-electron chi connectivity index (χ0n) is 12.3. The molecule has 1 aliphatic rings. The fourth-order valence-corrected chi connectivity index (χ4v) is 4.81. The molecule has 108 valence electrons. The summed E-state index contributed by atoms with van der Waals surface area (Å²) in [6, 6.07) is 10.9. The number of aryl methyl sites for hydroxylation is 1. The first-order valence-electron chi connectivity index (χ1n) is 6.57. The van der Waals surface area contributed by atoms with Crippen LogP contribution in [0, 0.1) is 6.92 Å². The van der Waals surface area contributed by atoms with Crippen LogP contribution in [0.25, 0.3) is 9.95 Å². The molecule has 0 amide bonds. The van der Waals surface area contributed by atoms with Crippen molar-refractivity contribution < 1.29 is 44.0 Å². The number of hydrogen-bond donors (Lipinski definition) is 1. The van der Waals surface area contributed by atoms with Crippen molar-refractivity contribution >= 4 is 14.0 Å². The zero-order valence-corrected chi connectivity index (χ0v) is 15.4. The Labute approximate surface area is 147 Å². The Morgan fingerprint density at radius 2 is 1.76 bits per heavy atom. The van der Waals surface area contributed by atoms with Gasteiger partial charge in [-0.05, 0) is 0 Å². The summed E-state index contributed by atoms with van der Waals surface area (Å²) in [5, 5.41) is 2.81. The number of fused-ring (bicyclic) bond motifs is 1. The Hall–Kier alpha value is -0.726. The first-order chi connectivity index (χ1) is 9.16. The monoisotopic (exact) mass is 353 g/mol. The van der Waals surface area contributed by atoms with Gasteiger partial charge in [-0.2, -0.15) is 0 Å². The molecule has 1 aromatic carbocycles. The van der Waals surface area contributed by atoms with Crippen molar-refractivity contribution in [3.63, 3.8) is 0 Å². The van der Waals surface area contributed by atoms with Gasteiger partial charge in [0.05, 0.1) is 0 Å². The Balaban J connectivity index is 0.00000110. The number of halogens is 2. The standard InChI is InChI=1S/C12H11.C5H6N.2ClH.Ti/c1-9(2)12-7-10-5-3-4-6-11(10)8-12;1-5-2-3-6-4-5;;;/h3-7H,1-2H3;2-3,6H,1H3;2*1H;/q;;;;+2/p-2. The Morgan fingerprint density at radius 3 is 2.38 bits per heavy atom. The summed E-state index contributed by atoms with van der Waals surface area (Å²) in [7, 11) is 0. The number of benzene rings is 1. The van der Waals surface area contributed by atoms with Crippen LogP contribution in [0.1, 0.15) is 19.4 Å². The second-order valence-corrected chi connectivity index (χ2v) is 7.13. The van der Waals surface area contributed by atoms with E-state index in [4.69, 9.17) is 0 Å². The molecule has 0 radical (unpaired) electrons. The Morgan fingerprint density at radius 1 is 1.05 bits per heavy atom. The van der Waals surface area contributed by atoms with Crippen LogP contribution >= 0.6 is 0 Å². The van der Waals surface area contributed by atoms with E-state index < -0.39 is 0 Å². The van der Waals surface area contributed by atoms with Crippen molar-refractivity contribution in [3.05, 3.63) is 63.7 Å². The van der Waals surface area contributed by atoms with E-state index in [0.29, 0.717) is 0 Å². The number of hydrogen-bond acceptors (Lipinski definition) is 0. The average molecular weight is 354 g/mol. The van der Waals surface area contributed by atoms with Crippen molar-refractivity contribution in [1.82, 2.24) is 4.98 Å².